The number of nitrogens with zero attached hydrogens (tertiary/aromatic N) is 1. The Morgan fingerprint density at radius 3 is 2.15 bits per heavy atom. The Morgan fingerprint density at radius 2 is 1.65 bits per heavy atom. The molecule has 0 radical (unpaired) electrons. The van der Waals surface area contributed by atoms with Gasteiger partial charge in [0.15, 0.2) is 0 Å². The summed E-state index contributed by atoms with van der Waals surface area (Å²) in [6, 6.07) is 1.63. The monoisotopic (exact) mass is 303 g/mol. The third-order valence-corrected chi connectivity index (χ3v) is 2.55. The number of hydrogen-bond donors (Lipinski definition) is 2. The van der Waals surface area contributed by atoms with E-state index in [0.29, 0.717) is 6.07 Å². The molecule has 1 rings (SSSR count). The van der Waals surface area contributed by atoms with Crippen LogP contribution in [-0.4, -0.2) is 27.5 Å². The van der Waals surface area contributed by atoms with Gasteiger partial charge in [0, 0.05) is 6.20 Å². The molecule has 9 heteroatoms. The van der Waals surface area contributed by atoms with Crippen molar-refractivity contribution in [3.05, 3.63) is 29.6 Å². The first-order valence-corrected chi connectivity index (χ1v) is 5.48. The predicted molar refractivity (Wildman–Crippen MR) is 55.5 cm³/mol. The summed E-state index contributed by atoms with van der Waals surface area (Å²) >= 11 is 0. The summed E-state index contributed by atoms with van der Waals surface area (Å²) in [5.74, 6) is 0. The van der Waals surface area contributed by atoms with E-state index in [1.165, 1.54) is 0 Å². The van der Waals surface area contributed by atoms with E-state index >= 15 is 0 Å². The predicted octanol–water partition coefficient (Wildman–Crippen LogP) is 2.84. The second-order valence-electron chi connectivity index (χ2n) is 4.12. The van der Waals surface area contributed by atoms with Crippen LogP contribution in [0.3, 0.4) is 0 Å². The molecular formula is C11H11F6NO2. The number of halogens is 6. The van der Waals surface area contributed by atoms with Gasteiger partial charge in [0.1, 0.15) is 11.8 Å². The van der Waals surface area contributed by atoms with Gasteiger partial charge in [-0.2, -0.15) is 26.3 Å². The number of hydrogen-bond acceptors (Lipinski definition) is 3. The Kier molecular flexibility index (Phi) is 4.98. The van der Waals surface area contributed by atoms with E-state index in [1.54, 1.807) is 0 Å². The zero-order valence-electron chi connectivity index (χ0n) is 9.91. The lowest BCUT2D eigenvalue weighted by Crippen LogP contribution is -2.28. The zero-order valence-corrected chi connectivity index (χ0v) is 9.91. The number of pyridine rings is 1. The van der Waals surface area contributed by atoms with Crippen LogP contribution in [0.1, 0.15) is 30.2 Å². The molecule has 20 heavy (non-hydrogen) atoms. The van der Waals surface area contributed by atoms with Crippen molar-refractivity contribution in [2.24, 2.45) is 0 Å². The molecule has 0 aliphatic heterocycles. The van der Waals surface area contributed by atoms with Crippen LogP contribution in [0.4, 0.5) is 26.3 Å². The molecule has 0 saturated carbocycles. The molecule has 0 aliphatic rings. The Bertz CT molecular complexity index is 445. The lowest BCUT2D eigenvalue weighted by atomic mass is 10.0. The van der Waals surface area contributed by atoms with Crippen molar-refractivity contribution in [1.29, 1.82) is 0 Å². The maximum atomic E-state index is 12.4. The third-order valence-electron chi connectivity index (χ3n) is 2.55. The fraction of sp³-hybridized carbons (Fsp3) is 0.545. The average Bonchev–Trinajstić information content (AvgIpc) is 2.33. The number of aliphatic hydroxyl groups excluding tert-OH is 2. The molecule has 0 bridgehead atoms. The van der Waals surface area contributed by atoms with E-state index < -0.39 is 43.1 Å². The Balaban J connectivity index is 2.71. The Morgan fingerprint density at radius 1 is 1.05 bits per heavy atom. The summed E-state index contributed by atoms with van der Waals surface area (Å²) in [6.45, 7) is 0. The summed E-state index contributed by atoms with van der Waals surface area (Å²) < 4.78 is 73.2. The van der Waals surface area contributed by atoms with E-state index in [9.17, 15) is 31.4 Å². The van der Waals surface area contributed by atoms with Crippen LogP contribution >= 0.6 is 0 Å². The van der Waals surface area contributed by atoms with Crippen molar-refractivity contribution in [3.8, 4) is 0 Å². The van der Waals surface area contributed by atoms with Crippen molar-refractivity contribution in [3.63, 3.8) is 0 Å². The van der Waals surface area contributed by atoms with E-state index in [-0.39, 0.29) is 5.56 Å². The molecule has 0 fully saturated rings. The van der Waals surface area contributed by atoms with Gasteiger partial charge in [0.05, 0.1) is 6.10 Å². The molecule has 0 saturated heterocycles. The molecule has 2 unspecified atom stereocenters. The molecule has 2 N–H and O–H groups in total. The topological polar surface area (TPSA) is 53.4 Å². The molecule has 1 heterocycles. The highest BCUT2D eigenvalue weighted by molar-refractivity contribution is 5.20. The van der Waals surface area contributed by atoms with Gasteiger partial charge in [0.2, 0.25) is 0 Å². The van der Waals surface area contributed by atoms with Gasteiger partial charge < -0.3 is 10.2 Å². The fourth-order valence-electron chi connectivity index (χ4n) is 1.46. The zero-order chi connectivity index (χ0) is 15.6. The van der Waals surface area contributed by atoms with E-state index in [2.05, 4.69) is 4.98 Å². The number of aromatic nitrogens is 1. The van der Waals surface area contributed by atoms with Crippen LogP contribution in [0.5, 0.6) is 0 Å². The molecule has 0 spiro atoms. The smallest absolute Gasteiger partial charge is 0.388 e. The minimum absolute atomic E-state index is 0.207. The van der Waals surface area contributed by atoms with Crippen LogP contribution in [-0.2, 0) is 6.18 Å². The highest BCUT2D eigenvalue weighted by atomic mass is 19.4. The number of rotatable bonds is 4. The van der Waals surface area contributed by atoms with E-state index in [0.717, 1.165) is 12.3 Å². The minimum Gasteiger partial charge on any atom is -0.388 e. The molecule has 114 valence electrons. The average molecular weight is 303 g/mol. The van der Waals surface area contributed by atoms with Crippen LogP contribution < -0.4 is 0 Å². The summed E-state index contributed by atoms with van der Waals surface area (Å²) in [7, 11) is 0. The number of alkyl halides is 6. The van der Waals surface area contributed by atoms with Crippen molar-refractivity contribution >= 4 is 0 Å². The second-order valence-corrected chi connectivity index (χ2v) is 4.12. The third kappa shape index (κ3) is 4.64. The highest BCUT2D eigenvalue weighted by Crippen LogP contribution is 2.31. The summed E-state index contributed by atoms with van der Waals surface area (Å²) in [5.41, 5.74) is -1.45. The molecule has 0 aliphatic carbocycles. The Hall–Kier alpha value is -1.35. The van der Waals surface area contributed by atoms with Crippen molar-refractivity contribution in [2.45, 2.75) is 37.4 Å². The molecule has 1 aromatic heterocycles. The lowest BCUT2D eigenvalue weighted by molar-refractivity contribution is -0.206. The van der Waals surface area contributed by atoms with Gasteiger partial charge in [0.25, 0.3) is 0 Å². The van der Waals surface area contributed by atoms with Crippen LogP contribution in [0, 0.1) is 0 Å². The SMILES string of the molecule is OC(CCC(O)C(F)(F)F)c1ccnc(C(F)(F)F)c1. The first-order valence-electron chi connectivity index (χ1n) is 5.48. The minimum atomic E-state index is -4.82. The van der Waals surface area contributed by atoms with Gasteiger partial charge in [-0.3, -0.25) is 4.98 Å². The molecule has 0 amide bonds. The first-order chi connectivity index (χ1) is 9.01. The lowest BCUT2D eigenvalue weighted by Gasteiger charge is -2.17. The fourth-order valence-corrected chi connectivity index (χ4v) is 1.46. The van der Waals surface area contributed by atoms with Gasteiger partial charge in [-0.05, 0) is 30.5 Å². The standard InChI is InChI=1S/C11H11F6NO2/c12-10(13,14)8-5-6(3-4-18-8)7(19)1-2-9(20)11(15,16)17/h3-5,7,9,19-20H,1-2H2. The molecule has 1 aromatic rings. The Labute approximate surface area is 109 Å². The van der Waals surface area contributed by atoms with E-state index in [1.807, 2.05) is 0 Å². The summed E-state index contributed by atoms with van der Waals surface area (Å²) in [5, 5.41) is 18.3. The van der Waals surface area contributed by atoms with E-state index in [4.69, 9.17) is 5.11 Å². The van der Waals surface area contributed by atoms with Gasteiger partial charge in [-0.15, -0.1) is 0 Å². The van der Waals surface area contributed by atoms with Crippen LogP contribution in [0.25, 0.3) is 0 Å². The second kappa shape index (κ2) is 5.96. The molecule has 2 atom stereocenters. The normalized spacial score (nSPS) is 16.0. The van der Waals surface area contributed by atoms with Gasteiger partial charge in [-0.25, -0.2) is 0 Å². The summed E-state index contributed by atoms with van der Waals surface area (Å²) in [6.07, 6.45) is -14.2. The maximum absolute atomic E-state index is 12.4. The van der Waals surface area contributed by atoms with Crippen molar-refractivity contribution < 1.29 is 36.6 Å². The highest BCUT2D eigenvalue weighted by Gasteiger charge is 2.38. The quantitative estimate of drug-likeness (QED) is 0.841. The number of aliphatic hydroxyl groups is 2. The molecular weight excluding hydrogens is 292 g/mol. The van der Waals surface area contributed by atoms with Crippen molar-refractivity contribution in [2.75, 3.05) is 0 Å². The van der Waals surface area contributed by atoms with Gasteiger partial charge >= 0.3 is 12.4 Å². The van der Waals surface area contributed by atoms with Crippen LogP contribution in [0.15, 0.2) is 18.3 Å². The van der Waals surface area contributed by atoms with Crippen molar-refractivity contribution in [1.82, 2.24) is 4.98 Å². The largest absolute Gasteiger partial charge is 0.433 e. The summed E-state index contributed by atoms with van der Waals surface area (Å²) in [4.78, 5) is 3.06. The molecule has 0 aromatic carbocycles. The maximum Gasteiger partial charge on any atom is 0.433 e. The molecule has 3 nitrogen and oxygen atoms in total. The van der Waals surface area contributed by atoms with Gasteiger partial charge in [-0.1, -0.05) is 0 Å². The first kappa shape index (κ1) is 16.7. The van der Waals surface area contributed by atoms with Crippen LogP contribution in [0.2, 0.25) is 0 Å².